The van der Waals surface area contributed by atoms with Crippen molar-refractivity contribution in [2.75, 3.05) is 13.1 Å². The molecule has 1 rings (SSSR count). The minimum atomic E-state index is 0.645. The third-order valence-corrected chi connectivity index (χ3v) is 6.57. The van der Waals surface area contributed by atoms with Crippen LogP contribution in [0, 0.1) is 0 Å². The lowest BCUT2D eigenvalue weighted by Crippen LogP contribution is -2.39. The Morgan fingerprint density at radius 1 is 0.448 bits per heavy atom. The molecule has 0 aromatic heterocycles. The van der Waals surface area contributed by atoms with E-state index in [4.69, 9.17) is 0 Å². The maximum Gasteiger partial charge on any atom is 0.101 e. The van der Waals surface area contributed by atoms with Gasteiger partial charge in [0, 0.05) is 25.5 Å². The summed E-state index contributed by atoms with van der Waals surface area (Å²) in [6.45, 7) is 9.42. The molecule has 0 saturated heterocycles. The zero-order valence-electron chi connectivity index (χ0n) is 20.5. The number of hydrogen-bond acceptors (Lipinski definition) is 2. The van der Waals surface area contributed by atoms with E-state index in [9.17, 15) is 0 Å². The second-order valence-corrected chi connectivity index (χ2v) is 9.35. The van der Waals surface area contributed by atoms with Gasteiger partial charge in [0.05, 0.1) is 0 Å². The van der Waals surface area contributed by atoms with Crippen molar-refractivity contribution in [1.29, 1.82) is 0 Å². The van der Waals surface area contributed by atoms with Gasteiger partial charge >= 0.3 is 0 Å². The fourth-order valence-electron chi connectivity index (χ4n) is 4.57. The van der Waals surface area contributed by atoms with Gasteiger partial charge in [-0.15, -0.1) is 0 Å². The molecule has 0 aliphatic carbocycles. The third kappa shape index (κ3) is 13.3. The van der Waals surface area contributed by atoms with E-state index in [0.29, 0.717) is 6.17 Å². The average Bonchev–Trinajstić information content (AvgIpc) is 3.12. The van der Waals surface area contributed by atoms with Crippen LogP contribution in [0.1, 0.15) is 143 Å². The number of hydrogen-bond donors (Lipinski definition) is 0. The van der Waals surface area contributed by atoms with Gasteiger partial charge in [0.25, 0.3) is 0 Å². The van der Waals surface area contributed by atoms with Gasteiger partial charge in [-0.3, -0.25) is 0 Å². The smallest absolute Gasteiger partial charge is 0.101 e. The summed E-state index contributed by atoms with van der Waals surface area (Å²) < 4.78 is 0. The molecule has 0 spiro atoms. The third-order valence-electron chi connectivity index (χ3n) is 6.57. The van der Waals surface area contributed by atoms with Gasteiger partial charge < -0.3 is 9.80 Å². The van der Waals surface area contributed by atoms with Crippen LogP contribution in [0.15, 0.2) is 12.4 Å². The standard InChI is InChI=1S/C27H54N2/c1-4-7-10-12-14-15-16-18-20-22-27-28(23-9-6-3)25-26-29(27)24-21-19-17-13-11-8-5-2/h25-27H,4-24H2,1-3H3. The van der Waals surface area contributed by atoms with E-state index in [2.05, 4.69) is 43.0 Å². The van der Waals surface area contributed by atoms with E-state index in [1.807, 2.05) is 0 Å². The molecular formula is C27H54N2. The topological polar surface area (TPSA) is 6.48 Å². The molecule has 0 radical (unpaired) electrons. The van der Waals surface area contributed by atoms with Crippen molar-refractivity contribution in [3.8, 4) is 0 Å². The van der Waals surface area contributed by atoms with E-state index in [1.165, 1.54) is 135 Å². The van der Waals surface area contributed by atoms with Crippen LogP contribution in [0.2, 0.25) is 0 Å². The van der Waals surface area contributed by atoms with Gasteiger partial charge in [-0.05, 0) is 25.7 Å². The Morgan fingerprint density at radius 2 is 0.828 bits per heavy atom. The quantitative estimate of drug-likeness (QED) is 0.176. The van der Waals surface area contributed by atoms with Crippen LogP contribution >= 0.6 is 0 Å². The van der Waals surface area contributed by atoms with Crippen molar-refractivity contribution in [1.82, 2.24) is 9.80 Å². The lowest BCUT2D eigenvalue weighted by atomic mass is 10.1. The molecule has 172 valence electrons. The molecule has 0 fully saturated rings. The summed E-state index contributed by atoms with van der Waals surface area (Å²) in [6.07, 6.45) is 32.1. The Morgan fingerprint density at radius 3 is 1.31 bits per heavy atom. The molecule has 1 heterocycles. The van der Waals surface area contributed by atoms with Gasteiger partial charge in [-0.1, -0.05) is 117 Å². The van der Waals surface area contributed by atoms with Gasteiger partial charge in [0.1, 0.15) is 6.17 Å². The SMILES string of the molecule is CCCCCCCCCCCC1N(CCCC)C=CN1CCCCCCCCC. The summed E-state index contributed by atoms with van der Waals surface area (Å²) in [6, 6.07) is 0. The molecule has 2 heteroatoms. The van der Waals surface area contributed by atoms with Gasteiger partial charge in [-0.2, -0.15) is 0 Å². The highest BCUT2D eigenvalue weighted by atomic mass is 15.4. The first-order valence-electron chi connectivity index (χ1n) is 13.5. The summed E-state index contributed by atoms with van der Waals surface area (Å²) in [4.78, 5) is 5.29. The number of unbranched alkanes of at least 4 members (excludes halogenated alkanes) is 15. The van der Waals surface area contributed by atoms with E-state index < -0.39 is 0 Å². The molecule has 1 unspecified atom stereocenters. The first-order chi connectivity index (χ1) is 14.3. The maximum absolute atomic E-state index is 2.66. The molecule has 0 amide bonds. The predicted molar refractivity (Wildman–Crippen MR) is 131 cm³/mol. The predicted octanol–water partition coefficient (Wildman–Crippen LogP) is 8.87. The highest BCUT2D eigenvalue weighted by molar-refractivity contribution is 4.96. The Labute approximate surface area is 184 Å². The second-order valence-electron chi connectivity index (χ2n) is 9.35. The lowest BCUT2D eigenvalue weighted by Gasteiger charge is -2.33. The van der Waals surface area contributed by atoms with Crippen molar-refractivity contribution in [3.63, 3.8) is 0 Å². The van der Waals surface area contributed by atoms with Gasteiger partial charge in [-0.25, -0.2) is 0 Å². The van der Waals surface area contributed by atoms with Crippen LogP contribution in [-0.2, 0) is 0 Å². The molecule has 0 aromatic rings. The molecule has 29 heavy (non-hydrogen) atoms. The minimum Gasteiger partial charge on any atom is -0.356 e. The van der Waals surface area contributed by atoms with Crippen molar-refractivity contribution in [2.24, 2.45) is 0 Å². The van der Waals surface area contributed by atoms with Crippen molar-refractivity contribution >= 4 is 0 Å². The van der Waals surface area contributed by atoms with Gasteiger partial charge in [0.2, 0.25) is 0 Å². The summed E-state index contributed by atoms with van der Waals surface area (Å²) in [5.74, 6) is 0. The van der Waals surface area contributed by atoms with E-state index >= 15 is 0 Å². The molecule has 0 bridgehead atoms. The zero-order valence-corrected chi connectivity index (χ0v) is 20.5. The monoisotopic (exact) mass is 406 g/mol. The molecule has 1 aliphatic heterocycles. The Balaban J connectivity index is 2.20. The van der Waals surface area contributed by atoms with Crippen LogP contribution in [-0.4, -0.2) is 29.1 Å². The molecule has 0 aromatic carbocycles. The highest BCUT2D eigenvalue weighted by Crippen LogP contribution is 2.23. The first kappa shape index (κ1) is 26.4. The van der Waals surface area contributed by atoms with Gasteiger partial charge in [0.15, 0.2) is 0 Å². The fourth-order valence-corrected chi connectivity index (χ4v) is 4.57. The van der Waals surface area contributed by atoms with Crippen LogP contribution in [0.3, 0.4) is 0 Å². The summed E-state index contributed by atoms with van der Waals surface area (Å²) in [5.41, 5.74) is 0. The number of rotatable bonds is 21. The van der Waals surface area contributed by atoms with E-state index in [1.54, 1.807) is 0 Å². The Bertz CT molecular complexity index is 366. The van der Waals surface area contributed by atoms with Crippen LogP contribution in [0.4, 0.5) is 0 Å². The highest BCUT2D eigenvalue weighted by Gasteiger charge is 2.24. The Kier molecular flexibility index (Phi) is 17.6. The van der Waals surface area contributed by atoms with E-state index in [0.717, 1.165) is 0 Å². The molecular weight excluding hydrogens is 352 g/mol. The molecule has 0 saturated carbocycles. The van der Waals surface area contributed by atoms with Crippen molar-refractivity contribution < 1.29 is 0 Å². The normalized spacial score (nSPS) is 16.3. The maximum atomic E-state index is 2.66. The molecule has 2 nitrogen and oxygen atoms in total. The van der Waals surface area contributed by atoms with Crippen LogP contribution in [0.25, 0.3) is 0 Å². The van der Waals surface area contributed by atoms with Crippen molar-refractivity contribution in [3.05, 3.63) is 12.4 Å². The summed E-state index contributed by atoms with van der Waals surface area (Å²) in [5, 5.41) is 0. The molecule has 1 atom stereocenters. The molecule has 1 aliphatic rings. The first-order valence-corrected chi connectivity index (χ1v) is 13.5. The van der Waals surface area contributed by atoms with Crippen molar-refractivity contribution in [2.45, 2.75) is 149 Å². The zero-order chi connectivity index (χ0) is 21.0. The van der Waals surface area contributed by atoms with Crippen LogP contribution < -0.4 is 0 Å². The largest absolute Gasteiger partial charge is 0.356 e. The Hall–Kier alpha value is -0.660. The summed E-state index contributed by atoms with van der Waals surface area (Å²) in [7, 11) is 0. The fraction of sp³-hybridized carbons (Fsp3) is 0.926. The average molecular weight is 407 g/mol. The van der Waals surface area contributed by atoms with E-state index in [-0.39, 0.29) is 0 Å². The lowest BCUT2D eigenvalue weighted by molar-refractivity contribution is 0.136. The summed E-state index contributed by atoms with van der Waals surface area (Å²) >= 11 is 0. The second kappa shape index (κ2) is 19.3. The van der Waals surface area contributed by atoms with Crippen LogP contribution in [0.5, 0.6) is 0 Å². The molecule has 0 N–H and O–H groups in total. The minimum absolute atomic E-state index is 0.645. The number of nitrogens with zero attached hydrogens (tertiary/aromatic N) is 2.